The molecule has 110 valence electrons. The summed E-state index contributed by atoms with van der Waals surface area (Å²) in [6, 6.07) is 1.52. The molecule has 2 aromatic heterocycles. The molecule has 8 heteroatoms. The molecule has 0 saturated carbocycles. The van der Waals surface area contributed by atoms with E-state index in [0.29, 0.717) is 0 Å². The van der Waals surface area contributed by atoms with Gasteiger partial charge in [0.2, 0.25) is 0 Å². The molecule has 0 saturated heterocycles. The lowest BCUT2D eigenvalue weighted by molar-refractivity contribution is 0.434. The highest BCUT2D eigenvalue weighted by Gasteiger charge is 2.26. The van der Waals surface area contributed by atoms with Gasteiger partial charge in [-0.05, 0) is 26.8 Å². The van der Waals surface area contributed by atoms with E-state index >= 15 is 0 Å². The van der Waals surface area contributed by atoms with Gasteiger partial charge >= 0.3 is 0 Å². The summed E-state index contributed by atoms with van der Waals surface area (Å²) >= 11 is 1.46. The maximum absolute atomic E-state index is 12.6. The van der Waals surface area contributed by atoms with Gasteiger partial charge in [-0.3, -0.25) is 4.68 Å². The van der Waals surface area contributed by atoms with Crippen molar-refractivity contribution in [1.82, 2.24) is 19.1 Å². The Balaban J connectivity index is 2.27. The molecule has 0 fully saturated rings. The van der Waals surface area contributed by atoms with Crippen LogP contribution in [-0.4, -0.2) is 34.5 Å². The van der Waals surface area contributed by atoms with Crippen molar-refractivity contribution >= 4 is 21.4 Å². The molecule has 2 rings (SSSR count). The molecule has 0 bridgehead atoms. The van der Waals surface area contributed by atoms with E-state index in [1.807, 2.05) is 26.2 Å². The molecule has 0 unspecified atom stereocenters. The topological polar surface area (TPSA) is 68.1 Å². The van der Waals surface area contributed by atoms with Crippen LogP contribution < -0.4 is 0 Å². The summed E-state index contributed by atoms with van der Waals surface area (Å²) in [6.45, 7) is 5.96. The van der Waals surface area contributed by atoms with Crippen LogP contribution in [0.5, 0.6) is 0 Å². The molecular weight excluding hydrogens is 296 g/mol. The summed E-state index contributed by atoms with van der Waals surface area (Å²) in [5.74, 6) is 0. The highest BCUT2D eigenvalue weighted by Crippen LogP contribution is 2.20. The van der Waals surface area contributed by atoms with Crippen LogP contribution in [0.25, 0.3) is 0 Å². The van der Waals surface area contributed by atoms with Crippen LogP contribution in [0.15, 0.2) is 22.7 Å². The number of hydrogen-bond donors (Lipinski definition) is 0. The number of nitrogens with zero attached hydrogens (tertiary/aromatic N) is 4. The molecule has 0 spiro atoms. The normalized spacial score (nSPS) is 12.5. The SMILES string of the molecule is Cc1csc(CN(C)S(=O)(=O)c2ccnn2C(C)C)n1. The maximum atomic E-state index is 12.6. The Labute approximate surface area is 123 Å². The quantitative estimate of drug-likeness (QED) is 0.847. The van der Waals surface area contributed by atoms with Gasteiger partial charge in [-0.1, -0.05) is 0 Å². The molecule has 0 aliphatic rings. The first kappa shape index (κ1) is 15.1. The van der Waals surface area contributed by atoms with Crippen LogP contribution >= 0.6 is 11.3 Å². The third-order valence-corrected chi connectivity index (χ3v) is 5.58. The van der Waals surface area contributed by atoms with Crippen LogP contribution in [0.3, 0.4) is 0 Å². The lowest BCUT2D eigenvalue weighted by Gasteiger charge is -2.18. The Morgan fingerprint density at radius 2 is 2.15 bits per heavy atom. The summed E-state index contributed by atoms with van der Waals surface area (Å²) in [4.78, 5) is 4.29. The molecular formula is C12H18N4O2S2. The lowest BCUT2D eigenvalue weighted by atomic mass is 10.4. The van der Waals surface area contributed by atoms with Crippen molar-refractivity contribution in [3.63, 3.8) is 0 Å². The van der Waals surface area contributed by atoms with E-state index in [2.05, 4.69) is 10.1 Å². The second-order valence-corrected chi connectivity index (χ2v) is 7.79. The van der Waals surface area contributed by atoms with Gasteiger partial charge in [0.1, 0.15) is 5.01 Å². The molecule has 2 aromatic rings. The van der Waals surface area contributed by atoms with Crippen molar-refractivity contribution < 1.29 is 8.42 Å². The first-order valence-corrected chi connectivity index (χ1v) is 8.55. The highest BCUT2D eigenvalue weighted by molar-refractivity contribution is 7.89. The van der Waals surface area contributed by atoms with Crippen LogP contribution in [0.1, 0.15) is 30.6 Å². The summed E-state index contributed by atoms with van der Waals surface area (Å²) in [7, 11) is -2.00. The van der Waals surface area contributed by atoms with Gasteiger partial charge in [-0.15, -0.1) is 11.3 Å². The van der Waals surface area contributed by atoms with E-state index < -0.39 is 10.0 Å². The van der Waals surface area contributed by atoms with Gasteiger partial charge in [0.15, 0.2) is 5.03 Å². The van der Waals surface area contributed by atoms with Gasteiger partial charge in [-0.25, -0.2) is 13.4 Å². The van der Waals surface area contributed by atoms with E-state index in [-0.39, 0.29) is 17.6 Å². The summed E-state index contributed by atoms with van der Waals surface area (Å²) in [5.41, 5.74) is 0.906. The van der Waals surface area contributed by atoms with Crippen molar-refractivity contribution in [3.05, 3.63) is 28.3 Å². The zero-order chi connectivity index (χ0) is 14.9. The molecule has 20 heavy (non-hydrogen) atoms. The van der Waals surface area contributed by atoms with Gasteiger partial charge in [-0.2, -0.15) is 9.40 Å². The summed E-state index contributed by atoms with van der Waals surface area (Å²) in [6.07, 6.45) is 1.51. The van der Waals surface area contributed by atoms with E-state index in [4.69, 9.17) is 0 Å². The number of rotatable bonds is 5. The highest BCUT2D eigenvalue weighted by atomic mass is 32.2. The first-order valence-electron chi connectivity index (χ1n) is 6.23. The van der Waals surface area contributed by atoms with E-state index in [9.17, 15) is 8.42 Å². The minimum Gasteiger partial charge on any atom is -0.250 e. The van der Waals surface area contributed by atoms with Crippen LogP contribution in [0, 0.1) is 6.92 Å². The Morgan fingerprint density at radius 3 is 2.70 bits per heavy atom. The predicted octanol–water partition coefficient (Wildman–Crippen LogP) is 2.05. The second-order valence-electron chi connectivity index (χ2n) is 4.85. The fourth-order valence-corrected chi connectivity index (χ4v) is 4.05. The standard InChI is InChI=1S/C12H18N4O2S2/c1-9(2)16-12(5-6-13-16)20(17,18)15(4)7-11-14-10(3)8-19-11/h5-6,8-9H,7H2,1-4H3. The minimum atomic E-state index is -3.56. The molecule has 0 amide bonds. The predicted molar refractivity (Wildman–Crippen MR) is 78.1 cm³/mol. The first-order chi connectivity index (χ1) is 9.32. The fourth-order valence-electron chi connectivity index (χ4n) is 1.80. The van der Waals surface area contributed by atoms with Gasteiger partial charge in [0.25, 0.3) is 10.0 Å². The third kappa shape index (κ3) is 2.92. The Kier molecular flexibility index (Phi) is 4.26. The third-order valence-electron chi connectivity index (χ3n) is 2.82. The molecule has 0 radical (unpaired) electrons. The summed E-state index contributed by atoms with van der Waals surface area (Å²) in [5, 5.41) is 6.98. The average Bonchev–Trinajstić information content (AvgIpc) is 2.98. The van der Waals surface area contributed by atoms with Gasteiger partial charge in [0.05, 0.1) is 12.7 Å². The molecule has 0 aliphatic heterocycles. The second kappa shape index (κ2) is 5.63. The Bertz CT molecular complexity index is 688. The van der Waals surface area contributed by atoms with E-state index in [1.165, 1.54) is 32.6 Å². The minimum absolute atomic E-state index is 0.00900. The van der Waals surface area contributed by atoms with E-state index in [1.54, 1.807) is 7.05 Å². The van der Waals surface area contributed by atoms with Crippen molar-refractivity contribution in [2.45, 2.75) is 38.4 Å². The number of hydrogen-bond acceptors (Lipinski definition) is 5. The zero-order valence-corrected chi connectivity index (χ0v) is 13.6. The molecule has 0 aromatic carbocycles. The Morgan fingerprint density at radius 1 is 1.45 bits per heavy atom. The molecule has 0 N–H and O–H groups in total. The van der Waals surface area contributed by atoms with Crippen molar-refractivity contribution in [2.75, 3.05) is 7.05 Å². The van der Waals surface area contributed by atoms with Crippen LogP contribution in [0.2, 0.25) is 0 Å². The van der Waals surface area contributed by atoms with Crippen molar-refractivity contribution in [2.24, 2.45) is 0 Å². The molecule has 0 atom stereocenters. The van der Waals surface area contributed by atoms with Crippen LogP contribution in [0.4, 0.5) is 0 Å². The van der Waals surface area contributed by atoms with Gasteiger partial charge < -0.3 is 0 Å². The zero-order valence-electron chi connectivity index (χ0n) is 11.9. The Hall–Kier alpha value is -1.25. The number of sulfonamides is 1. The lowest BCUT2D eigenvalue weighted by Crippen LogP contribution is -2.29. The monoisotopic (exact) mass is 314 g/mol. The van der Waals surface area contributed by atoms with Gasteiger partial charge in [0, 0.05) is 24.2 Å². The molecule has 6 nitrogen and oxygen atoms in total. The smallest absolute Gasteiger partial charge is 0.250 e. The summed E-state index contributed by atoms with van der Waals surface area (Å²) < 4.78 is 28.0. The van der Waals surface area contributed by atoms with Crippen molar-refractivity contribution in [1.29, 1.82) is 0 Å². The average molecular weight is 314 g/mol. The van der Waals surface area contributed by atoms with Crippen molar-refractivity contribution in [3.8, 4) is 0 Å². The van der Waals surface area contributed by atoms with Crippen LogP contribution in [-0.2, 0) is 16.6 Å². The molecule has 0 aliphatic carbocycles. The maximum Gasteiger partial charge on any atom is 0.260 e. The fraction of sp³-hybridized carbons (Fsp3) is 0.500. The number of thiazole rings is 1. The number of aryl methyl sites for hydroxylation is 1. The number of aromatic nitrogens is 3. The molecule has 2 heterocycles. The van der Waals surface area contributed by atoms with E-state index in [0.717, 1.165) is 10.7 Å². The largest absolute Gasteiger partial charge is 0.260 e.